The minimum Gasteiger partial charge on any atom is -0.369 e. The van der Waals surface area contributed by atoms with Crippen molar-refractivity contribution in [3.63, 3.8) is 0 Å². The molecule has 3 unspecified atom stereocenters. The maximum absolute atomic E-state index is 6.39. The van der Waals surface area contributed by atoms with Crippen molar-refractivity contribution >= 4 is 22.6 Å². The molecule has 19 heavy (non-hydrogen) atoms. The maximum Gasteiger partial charge on any atom is 0.0918 e. The summed E-state index contributed by atoms with van der Waals surface area (Å²) >= 11 is 2.45. The number of ether oxygens (including phenoxy) is 1. The van der Waals surface area contributed by atoms with E-state index in [1.165, 1.54) is 43.2 Å². The van der Waals surface area contributed by atoms with Crippen LogP contribution in [-0.4, -0.2) is 10.5 Å². The van der Waals surface area contributed by atoms with Crippen molar-refractivity contribution in [3.8, 4) is 0 Å². The van der Waals surface area contributed by atoms with Gasteiger partial charge < -0.3 is 4.74 Å². The standard InChI is InChI=1S/C17H25IO/c1-3-14-5-4-6-16(11-14)19-17(12-18)15-9-7-13(2)8-10-15/h7-10,14,16-17H,3-6,11-12H2,1-2H3. The van der Waals surface area contributed by atoms with Crippen molar-refractivity contribution in [2.45, 2.75) is 58.2 Å². The second-order valence-electron chi connectivity index (χ2n) is 5.75. The maximum atomic E-state index is 6.39. The zero-order chi connectivity index (χ0) is 13.7. The summed E-state index contributed by atoms with van der Waals surface area (Å²) in [5.74, 6) is 0.881. The van der Waals surface area contributed by atoms with Gasteiger partial charge in [-0.15, -0.1) is 0 Å². The Morgan fingerprint density at radius 1 is 1.26 bits per heavy atom. The minimum absolute atomic E-state index is 0.266. The second-order valence-corrected chi connectivity index (χ2v) is 6.63. The predicted octanol–water partition coefficient (Wildman–Crippen LogP) is 5.46. The van der Waals surface area contributed by atoms with Crippen molar-refractivity contribution in [1.29, 1.82) is 0 Å². The Labute approximate surface area is 131 Å². The molecule has 0 spiro atoms. The van der Waals surface area contributed by atoms with Gasteiger partial charge in [-0.3, -0.25) is 0 Å². The van der Waals surface area contributed by atoms with Gasteiger partial charge in [0.25, 0.3) is 0 Å². The molecule has 2 heteroatoms. The molecule has 0 aliphatic heterocycles. The van der Waals surface area contributed by atoms with Crippen molar-refractivity contribution < 1.29 is 4.74 Å². The highest BCUT2D eigenvalue weighted by Crippen LogP contribution is 2.32. The minimum atomic E-state index is 0.266. The predicted molar refractivity (Wildman–Crippen MR) is 89.9 cm³/mol. The van der Waals surface area contributed by atoms with Gasteiger partial charge >= 0.3 is 0 Å². The lowest BCUT2D eigenvalue weighted by molar-refractivity contribution is -0.0305. The van der Waals surface area contributed by atoms with Crippen LogP contribution in [0.3, 0.4) is 0 Å². The lowest BCUT2D eigenvalue weighted by atomic mass is 9.85. The van der Waals surface area contributed by atoms with Gasteiger partial charge in [-0.1, -0.05) is 78.6 Å². The van der Waals surface area contributed by atoms with E-state index < -0.39 is 0 Å². The fraction of sp³-hybridized carbons (Fsp3) is 0.647. The molecule has 0 N–H and O–H groups in total. The first-order valence-corrected chi connectivity index (χ1v) is 9.03. The average molecular weight is 372 g/mol. The van der Waals surface area contributed by atoms with E-state index in [2.05, 4.69) is 60.7 Å². The molecule has 1 aromatic carbocycles. The van der Waals surface area contributed by atoms with E-state index in [9.17, 15) is 0 Å². The van der Waals surface area contributed by atoms with Crippen LogP contribution in [0, 0.1) is 12.8 Å². The van der Waals surface area contributed by atoms with E-state index in [4.69, 9.17) is 4.74 Å². The van der Waals surface area contributed by atoms with Crippen molar-refractivity contribution in [1.82, 2.24) is 0 Å². The molecule has 0 bridgehead atoms. The summed E-state index contributed by atoms with van der Waals surface area (Å²) < 4.78 is 7.43. The number of halogens is 1. The van der Waals surface area contributed by atoms with E-state index in [1.807, 2.05) is 0 Å². The molecule has 0 amide bonds. The lowest BCUT2D eigenvalue weighted by Gasteiger charge is -2.31. The highest BCUT2D eigenvalue weighted by molar-refractivity contribution is 14.1. The molecule has 3 atom stereocenters. The van der Waals surface area contributed by atoms with Crippen LogP contribution < -0.4 is 0 Å². The SMILES string of the molecule is CCC1CCCC(OC(CI)c2ccc(C)cc2)C1. The van der Waals surface area contributed by atoms with Gasteiger partial charge in [0.1, 0.15) is 0 Å². The normalized spacial score (nSPS) is 25.2. The van der Waals surface area contributed by atoms with Crippen LogP contribution in [0.25, 0.3) is 0 Å². The van der Waals surface area contributed by atoms with Gasteiger partial charge in [0, 0.05) is 4.43 Å². The van der Waals surface area contributed by atoms with E-state index in [1.54, 1.807) is 0 Å². The van der Waals surface area contributed by atoms with Gasteiger partial charge in [-0.25, -0.2) is 0 Å². The van der Waals surface area contributed by atoms with Gasteiger partial charge in [-0.05, 0) is 31.2 Å². The number of benzene rings is 1. The first-order chi connectivity index (χ1) is 9.22. The summed E-state index contributed by atoms with van der Waals surface area (Å²) in [6.07, 6.45) is 7.28. The zero-order valence-electron chi connectivity index (χ0n) is 12.1. The fourth-order valence-corrected chi connectivity index (χ4v) is 3.67. The van der Waals surface area contributed by atoms with E-state index >= 15 is 0 Å². The Balaban J connectivity index is 1.96. The molecule has 1 saturated carbocycles. The largest absolute Gasteiger partial charge is 0.369 e. The van der Waals surface area contributed by atoms with Crippen LogP contribution in [0.15, 0.2) is 24.3 Å². The van der Waals surface area contributed by atoms with Gasteiger partial charge in [0.2, 0.25) is 0 Å². The highest BCUT2D eigenvalue weighted by atomic mass is 127. The summed E-state index contributed by atoms with van der Waals surface area (Å²) in [4.78, 5) is 0. The van der Waals surface area contributed by atoms with Crippen molar-refractivity contribution in [3.05, 3.63) is 35.4 Å². The number of rotatable bonds is 5. The molecule has 1 aliphatic carbocycles. The van der Waals surface area contributed by atoms with Crippen LogP contribution >= 0.6 is 22.6 Å². The second kappa shape index (κ2) is 7.63. The van der Waals surface area contributed by atoms with Crippen LogP contribution in [0.2, 0.25) is 0 Å². The van der Waals surface area contributed by atoms with Crippen molar-refractivity contribution in [2.75, 3.05) is 4.43 Å². The van der Waals surface area contributed by atoms with Gasteiger partial charge in [-0.2, -0.15) is 0 Å². The molecule has 106 valence electrons. The summed E-state index contributed by atoms with van der Waals surface area (Å²) in [5, 5.41) is 0. The molecule has 0 saturated heterocycles. The number of aryl methyl sites for hydroxylation is 1. The molecular formula is C17H25IO. The summed E-state index contributed by atoms with van der Waals surface area (Å²) in [6.45, 7) is 4.44. The van der Waals surface area contributed by atoms with Crippen LogP contribution in [0.1, 0.15) is 56.3 Å². The van der Waals surface area contributed by atoms with Crippen LogP contribution in [-0.2, 0) is 4.74 Å². The monoisotopic (exact) mass is 372 g/mol. The molecule has 2 rings (SSSR count). The third-order valence-electron chi connectivity index (χ3n) is 4.26. The number of alkyl halides is 1. The highest BCUT2D eigenvalue weighted by Gasteiger charge is 2.24. The topological polar surface area (TPSA) is 9.23 Å². The van der Waals surface area contributed by atoms with Gasteiger partial charge in [0.15, 0.2) is 0 Å². The lowest BCUT2D eigenvalue weighted by Crippen LogP contribution is -2.25. The third-order valence-corrected chi connectivity index (χ3v) is 5.06. The molecule has 0 aromatic heterocycles. The smallest absolute Gasteiger partial charge is 0.0918 e. The molecule has 1 nitrogen and oxygen atoms in total. The fourth-order valence-electron chi connectivity index (χ4n) is 2.95. The Morgan fingerprint density at radius 2 is 2.00 bits per heavy atom. The molecule has 1 aromatic rings. The van der Waals surface area contributed by atoms with Crippen LogP contribution in [0.4, 0.5) is 0 Å². The molecular weight excluding hydrogens is 347 g/mol. The Hall–Kier alpha value is -0.0900. The third kappa shape index (κ3) is 4.45. The number of hydrogen-bond donors (Lipinski definition) is 0. The Kier molecular flexibility index (Phi) is 6.14. The first-order valence-electron chi connectivity index (χ1n) is 7.51. The number of hydrogen-bond acceptors (Lipinski definition) is 1. The molecule has 0 heterocycles. The van der Waals surface area contributed by atoms with Crippen LogP contribution in [0.5, 0.6) is 0 Å². The Bertz CT molecular complexity index is 373. The molecule has 1 aliphatic rings. The van der Waals surface area contributed by atoms with Gasteiger partial charge in [0.05, 0.1) is 12.2 Å². The summed E-state index contributed by atoms with van der Waals surface area (Å²) in [6, 6.07) is 8.82. The van der Waals surface area contributed by atoms with Crippen molar-refractivity contribution in [2.24, 2.45) is 5.92 Å². The average Bonchev–Trinajstić information content (AvgIpc) is 2.46. The van der Waals surface area contributed by atoms with E-state index in [0.29, 0.717) is 6.10 Å². The summed E-state index contributed by atoms with van der Waals surface area (Å²) in [7, 11) is 0. The van der Waals surface area contributed by atoms with E-state index in [-0.39, 0.29) is 6.10 Å². The Morgan fingerprint density at radius 3 is 2.63 bits per heavy atom. The summed E-state index contributed by atoms with van der Waals surface area (Å²) in [5.41, 5.74) is 2.65. The zero-order valence-corrected chi connectivity index (χ0v) is 14.2. The quantitative estimate of drug-likeness (QED) is 0.493. The first kappa shape index (κ1) is 15.3. The molecule has 0 radical (unpaired) electrons. The van der Waals surface area contributed by atoms with E-state index in [0.717, 1.165) is 10.3 Å². The molecule has 1 fully saturated rings.